The lowest BCUT2D eigenvalue weighted by Gasteiger charge is -1.93. The van der Waals surface area contributed by atoms with Crippen LogP contribution in [-0.4, -0.2) is 22.5 Å². The Hall–Kier alpha value is -1.58. The van der Waals surface area contributed by atoms with Crippen LogP contribution in [0.1, 0.15) is 18.3 Å². The zero-order valence-electron chi connectivity index (χ0n) is 7.70. The number of rotatable bonds is 3. The molecule has 1 N–H and O–H groups in total. The number of H-pyrrole nitrogens is 1. The molecule has 0 aliphatic heterocycles. The molecule has 4 heteroatoms. The lowest BCUT2D eigenvalue weighted by molar-refractivity contribution is -0.137. The monoisotopic (exact) mass is 180 g/mol. The van der Waals surface area contributed by atoms with Gasteiger partial charge in [-0.3, -0.25) is 0 Å². The van der Waals surface area contributed by atoms with Gasteiger partial charge in [0.25, 0.3) is 0 Å². The van der Waals surface area contributed by atoms with Crippen LogP contribution in [0.2, 0.25) is 0 Å². The Morgan fingerprint density at radius 2 is 2.54 bits per heavy atom. The van der Waals surface area contributed by atoms with Crippen molar-refractivity contribution in [3.05, 3.63) is 23.8 Å². The molecule has 0 aliphatic rings. The summed E-state index contributed by atoms with van der Waals surface area (Å²) in [6, 6.07) is 0. The van der Waals surface area contributed by atoms with Crippen molar-refractivity contribution in [3.63, 3.8) is 0 Å². The molecule has 0 amide bonds. The van der Waals surface area contributed by atoms with E-state index < -0.39 is 0 Å². The summed E-state index contributed by atoms with van der Waals surface area (Å²) >= 11 is 0. The average Bonchev–Trinajstić information content (AvgIpc) is 2.48. The second-order valence-electron chi connectivity index (χ2n) is 2.50. The molecular weight excluding hydrogens is 168 g/mol. The molecule has 1 aromatic heterocycles. The number of carbonyl (C=O) groups is 1. The highest BCUT2D eigenvalue weighted by molar-refractivity contribution is 5.86. The highest BCUT2D eigenvalue weighted by Gasteiger charge is 1.97. The number of nitrogens with zero attached hydrogens (tertiary/aromatic N) is 1. The van der Waals surface area contributed by atoms with Crippen molar-refractivity contribution in [2.75, 3.05) is 6.61 Å². The van der Waals surface area contributed by atoms with Gasteiger partial charge in [0.1, 0.15) is 0 Å². The van der Waals surface area contributed by atoms with Gasteiger partial charge in [-0.05, 0) is 19.9 Å². The van der Waals surface area contributed by atoms with Crippen molar-refractivity contribution in [2.24, 2.45) is 0 Å². The van der Waals surface area contributed by atoms with Gasteiger partial charge in [-0.2, -0.15) is 0 Å². The van der Waals surface area contributed by atoms with E-state index in [-0.39, 0.29) is 5.97 Å². The number of imidazole rings is 1. The van der Waals surface area contributed by atoms with Crippen LogP contribution in [0.3, 0.4) is 0 Å². The summed E-state index contributed by atoms with van der Waals surface area (Å²) in [7, 11) is 0. The van der Waals surface area contributed by atoms with Gasteiger partial charge in [0, 0.05) is 11.8 Å². The van der Waals surface area contributed by atoms with Gasteiger partial charge >= 0.3 is 5.97 Å². The van der Waals surface area contributed by atoms with Gasteiger partial charge in [0.2, 0.25) is 0 Å². The fourth-order valence-corrected chi connectivity index (χ4v) is 0.875. The van der Waals surface area contributed by atoms with Crippen molar-refractivity contribution in [3.8, 4) is 0 Å². The van der Waals surface area contributed by atoms with E-state index in [2.05, 4.69) is 9.97 Å². The van der Waals surface area contributed by atoms with Crippen LogP contribution >= 0.6 is 0 Å². The molecule has 0 saturated heterocycles. The van der Waals surface area contributed by atoms with Crippen LogP contribution in [0.4, 0.5) is 0 Å². The molecule has 0 aliphatic carbocycles. The van der Waals surface area contributed by atoms with Gasteiger partial charge in [-0.15, -0.1) is 0 Å². The van der Waals surface area contributed by atoms with E-state index in [0.29, 0.717) is 6.61 Å². The normalized spacial score (nSPS) is 10.6. The fraction of sp³-hybridized carbons (Fsp3) is 0.333. The number of aromatic nitrogens is 2. The van der Waals surface area contributed by atoms with Crippen LogP contribution in [0.5, 0.6) is 0 Å². The van der Waals surface area contributed by atoms with E-state index in [1.807, 2.05) is 6.92 Å². The molecule has 0 aromatic carbocycles. The Morgan fingerprint density at radius 1 is 1.77 bits per heavy atom. The molecule has 70 valence electrons. The summed E-state index contributed by atoms with van der Waals surface area (Å²) in [6.45, 7) is 4.05. The molecule has 0 unspecified atom stereocenters. The number of aryl methyl sites for hydroxylation is 1. The van der Waals surface area contributed by atoms with E-state index in [1.165, 1.54) is 6.08 Å². The Balaban J connectivity index is 2.58. The molecular formula is C9H12N2O2. The van der Waals surface area contributed by atoms with Gasteiger partial charge in [-0.1, -0.05) is 0 Å². The maximum Gasteiger partial charge on any atom is 0.330 e. The first kappa shape index (κ1) is 9.51. The van der Waals surface area contributed by atoms with Crippen molar-refractivity contribution in [2.45, 2.75) is 13.8 Å². The summed E-state index contributed by atoms with van der Waals surface area (Å²) in [5.74, 6) is -0.343. The Morgan fingerprint density at radius 3 is 3.08 bits per heavy atom. The van der Waals surface area contributed by atoms with Crippen molar-refractivity contribution >= 4 is 12.0 Å². The highest BCUT2D eigenvalue weighted by atomic mass is 16.5. The minimum Gasteiger partial charge on any atom is -0.463 e. The van der Waals surface area contributed by atoms with Gasteiger partial charge in [0.05, 0.1) is 18.6 Å². The van der Waals surface area contributed by atoms with E-state index in [4.69, 9.17) is 4.74 Å². The average molecular weight is 180 g/mol. The topological polar surface area (TPSA) is 55.0 Å². The zero-order valence-corrected chi connectivity index (χ0v) is 7.70. The maximum absolute atomic E-state index is 10.9. The summed E-state index contributed by atoms with van der Waals surface area (Å²) in [5, 5.41) is 0. The first-order chi connectivity index (χ1) is 6.24. The van der Waals surface area contributed by atoms with E-state index in [9.17, 15) is 4.79 Å². The highest BCUT2D eigenvalue weighted by Crippen LogP contribution is 2.02. The number of esters is 1. The molecule has 0 atom stereocenters. The first-order valence-electron chi connectivity index (χ1n) is 4.09. The standard InChI is InChI=1S/C9H12N2O2/c1-3-13-9(12)5-4-8-7(2)10-6-11-8/h4-6H,3H2,1-2H3,(H,10,11)/b5-4+. The van der Waals surface area contributed by atoms with Gasteiger partial charge in [-0.25, -0.2) is 9.78 Å². The summed E-state index contributed by atoms with van der Waals surface area (Å²) < 4.78 is 4.72. The zero-order chi connectivity index (χ0) is 9.68. The summed E-state index contributed by atoms with van der Waals surface area (Å²) in [5.41, 5.74) is 1.69. The van der Waals surface area contributed by atoms with E-state index >= 15 is 0 Å². The minimum atomic E-state index is -0.343. The van der Waals surface area contributed by atoms with Crippen LogP contribution in [-0.2, 0) is 9.53 Å². The smallest absolute Gasteiger partial charge is 0.330 e. The van der Waals surface area contributed by atoms with E-state index in [0.717, 1.165) is 11.4 Å². The lowest BCUT2D eigenvalue weighted by atomic mass is 10.3. The fourth-order valence-electron chi connectivity index (χ4n) is 0.875. The van der Waals surface area contributed by atoms with Crippen molar-refractivity contribution in [1.82, 2.24) is 9.97 Å². The first-order valence-corrected chi connectivity index (χ1v) is 4.09. The predicted octanol–water partition coefficient (Wildman–Crippen LogP) is 1.29. The van der Waals surface area contributed by atoms with Gasteiger partial charge in [0.15, 0.2) is 0 Å². The summed E-state index contributed by atoms with van der Waals surface area (Å²) in [6.07, 6.45) is 4.58. The second kappa shape index (κ2) is 4.45. The molecule has 1 aromatic rings. The van der Waals surface area contributed by atoms with Crippen LogP contribution in [0.15, 0.2) is 12.4 Å². The minimum absolute atomic E-state index is 0.343. The van der Waals surface area contributed by atoms with Crippen LogP contribution < -0.4 is 0 Å². The number of carbonyl (C=O) groups excluding carboxylic acids is 1. The second-order valence-corrected chi connectivity index (χ2v) is 2.50. The van der Waals surface area contributed by atoms with Crippen LogP contribution in [0, 0.1) is 6.92 Å². The predicted molar refractivity (Wildman–Crippen MR) is 49.0 cm³/mol. The van der Waals surface area contributed by atoms with E-state index in [1.54, 1.807) is 19.3 Å². The molecule has 1 heterocycles. The molecule has 1 rings (SSSR count). The molecule has 4 nitrogen and oxygen atoms in total. The third-order valence-corrected chi connectivity index (χ3v) is 1.53. The molecule has 0 spiro atoms. The number of hydrogen-bond acceptors (Lipinski definition) is 3. The van der Waals surface area contributed by atoms with Gasteiger partial charge < -0.3 is 9.72 Å². The molecule has 0 bridgehead atoms. The maximum atomic E-state index is 10.9. The number of ether oxygens (including phenoxy) is 1. The Kier molecular flexibility index (Phi) is 3.25. The SMILES string of the molecule is CCOC(=O)/C=C/c1nc[nH]c1C. The summed E-state index contributed by atoms with van der Waals surface area (Å²) in [4.78, 5) is 17.8. The Labute approximate surface area is 76.6 Å². The van der Waals surface area contributed by atoms with Crippen LogP contribution in [0.25, 0.3) is 6.08 Å². The third-order valence-electron chi connectivity index (χ3n) is 1.53. The van der Waals surface area contributed by atoms with Crippen molar-refractivity contribution < 1.29 is 9.53 Å². The number of nitrogens with one attached hydrogen (secondary N) is 1. The number of hydrogen-bond donors (Lipinski definition) is 1. The lowest BCUT2D eigenvalue weighted by Crippen LogP contribution is -1.98. The molecule has 13 heavy (non-hydrogen) atoms. The quantitative estimate of drug-likeness (QED) is 0.563. The molecule has 0 radical (unpaired) electrons. The Bertz CT molecular complexity index is 315. The molecule has 0 saturated carbocycles. The third kappa shape index (κ3) is 2.74. The molecule has 0 fully saturated rings. The number of aromatic amines is 1. The largest absolute Gasteiger partial charge is 0.463 e. The van der Waals surface area contributed by atoms with Crippen molar-refractivity contribution in [1.29, 1.82) is 0 Å².